The minimum absolute atomic E-state index is 0.0319. The lowest BCUT2D eigenvalue weighted by Crippen LogP contribution is -2.51. The molecule has 6 rings (SSSR count). The van der Waals surface area contributed by atoms with Gasteiger partial charge >= 0.3 is 0 Å². The second-order valence-electron chi connectivity index (χ2n) is 8.48. The molecule has 2 fully saturated rings. The highest BCUT2D eigenvalue weighted by Crippen LogP contribution is 2.58. The first kappa shape index (κ1) is 21.2. The van der Waals surface area contributed by atoms with E-state index in [2.05, 4.69) is 0 Å². The number of Topliss-reactive ketones (excluding diaryl/α,β-unsaturated/α-hetero) is 2. The van der Waals surface area contributed by atoms with Crippen LogP contribution in [0.5, 0.6) is 0 Å². The Kier molecular flexibility index (Phi) is 4.58. The van der Waals surface area contributed by atoms with Crippen molar-refractivity contribution in [3.05, 3.63) is 99.5 Å². The number of benzene rings is 3. The third-order valence-corrected chi connectivity index (χ3v) is 7.63. The summed E-state index contributed by atoms with van der Waals surface area (Å²) in [7, 11) is 0. The average molecular weight is 492 g/mol. The summed E-state index contributed by atoms with van der Waals surface area (Å²) in [5, 5.41) is 0.201. The van der Waals surface area contributed by atoms with Gasteiger partial charge in [-0.2, -0.15) is 0 Å². The number of carbonyl (C=O) groups is 4. The first-order valence-corrected chi connectivity index (χ1v) is 11.4. The number of ether oxygens (including phenoxy) is 1. The Labute approximate surface area is 204 Å². The van der Waals surface area contributed by atoms with Crippen molar-refractivity contribution in [3.8, 4) is 0 Å². The molecule has 3 aromatic rings. The quantitative estimate of drug-likeness (QED) is 0.383. The van der Waals surface area contributed by atoms with Gasteiger partial charge < -0.3 is 4.74 Å². The van der Waals surface area contributed by atoms with Gasteiger partial charge in [0, 0.05) is 11.1 Å². The summed E-state index contributed by atoms with van der Waals surface area (Å²) in [6, 6.07) is 19.8. The van der Waals surface area contributed by atoms with Crippen molar-refractivity contribution < 1.29 is 23.9 Å². The average Bonchev–Trinajstić information content (AvgIpc) is 3.42. The van der Waals surface area contributed by atoms with Crippen LogP contribution in [0.15, 0.2) is 72.8 Å². The number of rotatable bonds is 2. The van der Waals surface area contributed by atoms with E-state index >= 15 is 0 Å². The zero-order chi connectivity index (χ0) is 23.8. The van der Waals surface area contributed by atoms with Gasteiger partial charge in [-0.3, -0.25) is 19.2 Å². The van der Waals surface area contributed by atoms with Crippen LogP contribution in [0.4, 0.5) is 5.69 Å². The Hall–Kier alpha value is -3.32. The molecule has 1 spiro atoms. The first-order valence-electron chi connectivity index (χ1n) is 10.6. The Balaban J connectivity index is 1.57. The number of halogens is 2. The van der Waals surface area contributed by atoms with Crippen molar-refractivity contribution >= 4 is 52.3 Å². The molecule has 3 aromatic carbocycles. The van der Waals surface area contributed by atoms with Crippen LogP contribution in [0, 0.1) is 11.8 Å². The van der Waals surface area contributed by atoms with Gasteiger partial charge in [0.05, 0.1) is 33.7 Å². The van der Waals surface area contributed by atoms with Gasteiger partial charge in [-0.25, -0.2) is 4.90 Å². The van der Waals surface area contributed by atoms with Crippen molar-refractivity contribution in [3.63, 3.8) is 0 Å². The summed E-state index contributed by atoms with van der Waals surface area (Å²) in [5.41, 5.74) is -1.07. The van der Waals surface area contributed by atoms with E-state index in [-0.39, 0.29) is 26.9 Å². The molecule has 0 saturated carbocycles. The van der Waals surface area contributed by atoms with Crippen LogP contribution < -0.4 is 4.90 Å². The maximum absolute atomic E-state index is 13.9. The minimum atomic E-state index is -2.12. The molecule has 0 radical (unpaired) electrons. The fourth-order valence-electron chi connectivity index (χ4n) is 5.36. The summed E-state index contributed by atoms with van der Waals surface area (Å²) >= 11 is 12.5. The Morgan fingerprint density at radius 2 is 1.35 bits per heavy atom. The molecule has 3 atom stereocenters. The Morgan fingerprint density at radius 1 is 0.735 bits per heavy atom. The molecule has 2 heterocycles. The largest absolute Gasteiger partial charge is 0.349 e. The lowest BCUT2D eigenvalue weighted by atomic mass is 9.77. The maximum Gasteiger partial charge on any atom is 0.241 e. The Bertz CT molecular complexity index is 1380. The zero-order valence-corrected chi connectivity index (χ0v) is 18.9. The van der Waals surface area contributed by atoms with Gasteiger partial charge in [-0.1, -0.05) is 83.9 Å². The van der Waals surface area contributed by atoms with E-state index in [0.717, 1.165) is 4.90 Å². The molecule has 2 saturated heterocycles. The molecule has 2 aliphatic heterocycles. The molecule has 34 heavy (non-hydrogen) atoms. The van der Waals surface area contributed by atoms with Crippen LogP contribution in [0.2, 0.25) is 10.0 Å². The summed E-state index contributed by atoms with van der Waals surface area (Å²) in [6.45, 7) is 0. The van der Waals surface area contributed by atoms with Crippen molar-refractivity contribution in [2.45, 2.75) is 11.7 Å². The van der Waals surface area contributed by atoms with Crippen LogP contribution in [0.1, 0.15) is 32.4 Å². The number of carbonyl (C=O) groups excluding carboxylic acids is 4. The maximum atomic E-state index is 13.9. The van der Waals surface area contributed by atoms with Crippen LogP contribution in [-0.4, -0.2) is 29.0 Å². The summed E-state index contributed by atoms with van der Waals surface area (Å²) in [4.78, 5) is 56.0. The molecule has 3 aliphatic rings. The normalized spacial score (nSPS) is 24.8. The number of amides is 2. The van der Waals surface area contributed by atoms with Crippen molar-refractivity contribution in [1.29, 1.82) is 0 Å². The lowest BCUT2D eigenvalue weighted by molar-refractivity contribution is -0.127. The van der Waals surface area contributed by atoms with E-state index in [1.807, 2.05) is 0 Å². The predicted molar refractivity (Wildman–Crippen MR) is 124 cm³/mol. The van der Waals surface area contributed by atoms with Crippen LogP contribution >= 0.6 is 23.2 Å². The molecular weight excluding hydrogens is 477 g/mol. The van der Waals surface area contributed by atoms with Crippen molar-refractivity contribution in [1.82, 2.24) is 0 Å². The van der Waals surface area contributed by atoms with E-state index < -0.39 is 46.9 Å². The molecular formula is C26H15Cl2NO5. The van der Waals surface area contributed by atoms with E-state index in [1.165, 1.54) is 24.3 Å². The number of anilines is 1. The van der Waals surface area contributed by atoms with Gasteiger partial charge in [0.15, 0.2) is 0 Å². The molecule has 2 amide bonds. The van der Waals surface area contributed by atoms with E-state index in [9.17, 15) is 19.2 Å². The fourth-order valence-corrected chi connectivity index (χ4v) is 5.74. The third kappa shape index (κ3) is 2.56. The molecule has 0 bridgehead atoms. The molecule has 168 valence electrons. The minimum Gasteiger partial charge on any atom is -0.349 e. The summed E-state index contributed by atoms with van der Waals surface area (Å²) in [6.07, 6.45) is -0.979. The SMILES string of the molecule is O=C1[C@@H]2[C@@H](c3ccccc3)OC3(C(=O)c4ccccc4C3=O)[C@@H]2C(=O)N1c1cccc(Cl)c1Cl. The number of fused-ring (bicyclic) bond motifs is 3. The van der Waals surface area contributed by atoms with Gasteiger partial charge in [0.25, 0.3) is 0 Å². The smallest absolute Gasteiger partial charge is 0.241 e. The lowest BCUT2D eigenvalue weighted by Gasteiger charge is -2.27. The van der Waals surface area contributed by atoms with Crippen LogP contribution in [0.25, 0.3) is 0 Å². The van der Waals surface area contributed by atoms with Crippen LogP contribution in [-0.2, 0) is 14.3 Å². The summed E-state index contributed by atoms with van der Waals surface area (Å²) < 4.78 is 6.22. The highest BCUT2D eigenvalue weighted by molar-refractivity contribution is 6.45. The zero-order valence-electron chi connectivity index (χ0n) is 17.4. The van der Waals surface area contributed by atoms with Crippen molar-refractivity contribution in [2.24, 2.45) is 11.8 Å². The van der Waals surface area contributed by atoms with E-state index in [4.69, 9.17) is 27.9 Å². The number of ketones is 2. The van der Waals surface area contributed by atoms with Gasteiger partial charge in [-0.05, 0) is 17.7 Å². The highest BCUT2D eigenvalue weighted by Gasteiger charge is 2.74. The fraction of sp³-hybridized carbons (Fsp3) is 0.154. The number of nitrogens with zero attached hydrogens (tertiary/aromatic N) is 1. The molecule has 6 nitrogen and oxygen atoms in total. The second kappa shape index (κ2) is 7.34. The molecule has 0 aromatic heterocycles. The number of hydrogen-bond donors (Lipinski definition) is 0. The standard InChI is InChI=1S/C26H15Cl2NO5/c27-16-11-6-12-17(20(16)28)29-24(32)18-19(25(29)33)26(34-21(18)13-7-2-1-3-8-13)22(30)14-9-4-5-10-15(14)23(26)31/h1-12,18-19,21H/t18-,19-,21+/m0/s1. The van der Waals surface area contributed by atoms with E-state index in [0.29, 0.717) is 5.56 Å². The van der Waals surface area contributed by atoms with Gasteiger partial charge in [0.2, 0.25) is 29.0 Å². The van der Waals surface area contributed by atoms with Crippen molar-refractivity contribution in [2.75, 3.05) is 4.90 Å². The van der Waals surface area contributed by atoms with Gasteiger partial charge in [-0.15, -0.1) is 0 Å². The molecule has 0 N–H and O–H groups in total. The van der Waals surface area contributed by atoms with E-state index in [1.54, 1.807) is 48.5 Å². The van der Waals surface area contributed by atoms with Gasteiger partial charge in [0.1, 0.15) is 0 Å². The van der Waals surface area contributed by atoms with Crippen LogP contribution in [0.3, 0.4) is 0 Å². The second-order valence-corrected chi connectivity index (χ2v) is 9.26. The third-order valence-electron chi connectivity index (χ3n) is 6.82. The first-order chi connectivity index (χ1) is 16.4. The Morgan fingerprint density at radius 3 is 2.00 bits per heavy atom. The summed E-state index contributed by atoms with van der Waals surface area (Å²) in [5.74, 6) is -4.96. The monoisotopic (exact) mass is 491 g/mol. The highest BCUT2D eigenvalue weighted by atomic mass is 35.5. The number of hydrogen-bond acceptors (Lipinski definition) is 5. The predicted octanol–water partition coefficient (Wildman–Crippen LogP) is 4.69. The molecule has 1 aliphatic carbocycles. The number of imide groups is 1. The topological polar surface area (TPSA) is 80.8 Å². The molecule has 8 heteroatoms. The molecule has 0 unspecified atom stereocenters.